The fourth-order valence-electron chi connectivity index (χ4n) is 13.9. The molecule has 364 valence electrons. The van der Waals surface area contributed by atoms with Crippen molar-refractivity contribution in [3.8, 4) is 55.9 Å². The summed E-state index contributed by atoms with van der Waals surface area (Å²) in [5.74, 6) is 0. The van der Waals surface area contributed by atoms with Crippen LogP contribution in [0.3, 0.4) is 0 Å². The molecule has 0 saturated heterocycles. The molecule has 2 aliphatic rings. The van der Waals surface area contributed by atoms with Gasteiger partial charge in [-0.05, 0) is 142 Å². The average molecular weight is 1020 g/mol. The maximum Gasteiger partial charge on any atom is 0.137 e. The Morgan fingerprint density at radius 3 is 1.14 bits per heavy atom. The van der Waals surface area contributed by atoms with Crippen LogP contribution in [0.1, 0.15) is 0 Å². The van der Waals surface area contributed by atoms with E-state index in [0.717, 1.165) is 141 Å². The second-order valence-corrected chi connectivity index (χ2v) is 24.7. The highest BCUT2D eigenvalue weighted by Gasteiger charge is 2.57. The zero-order valence-electron chi connectivity index (χ0n) is 41.8. The number of hydrogen-bond donors (Lipinski definition) is 0. The van der Waals surface area contributed by atoms with E-state index in [1.54, 1.807) is 0 Å². The lowest BCUT2D eigenvalue weighted by Crippen LogP contribution is -2.30. The average Bonchev–Trinajstić information content (AvgIpc) is 3.26. The Balaban J connectivity index is 0.780. The van der Waals surface area contributed by atoms with Gasteiger partial charge in [0.1, 0.15) is 22.3 Å². The smallest absolute Gasteiger partial charge is 0.137 e. The minimum Gasteiger partial charge on any atom is -0.456 e. The first-order valence-corrected chi connectivity index (χ1v) is 28.5. The van der Waals surface area contributed by atoms with Crippen molar-refractivity contribution in [2.75, 3.05) is 0 Å². The maximum atomic E-state index is 17.8. The molecule has 78 heavy (non-hydrogen) atoms. The number of hydrogen-bond acceptors (Lipinski definition) is 3. The first-order chi connectivity index (χ1) is 38.5. The standard InChI is InChI=1S/C72H42N2O3S/c75-78(69-29-11-5-23-53(69)59-37-45(31-33-71(59)78)43-15-13-17-47(35-43)73-61-25-7-1-19-49(61)55-39-57-51-21-3-9-27-65(51)76-67(57)41-63(55)73)70-30-12-6-24-54(70)60-38-46(32-34-72(60)78)44-16-14-18-48(36-44)74-62-26-8-2-20-50(62)56-40-58-52-22-4-10-28-66(52)77-68(58)42-64(56)74/h1-42H. The van der Waals surface area contributed by atoms with E-state index in [2.05, 4.69) is 240 Å². The van der Waals surface area contributed by atoms with E-state index in [-0.39, 0.29) is 0 Å². The zero-order valence-corrected chi connectivity index (χ0v) is 42.6. The van der Waals surface area contributed by atoms with E-state index >= 15 is 4.21 Å². The molecule has 0 amide bonds. The summed E-state index contributed by atoms with van der Waals surface area (Å²) in [5.41, 5.74) is 18.3. The van der Waals surface area contributed by atoms with Crippen LogP contribution >= 0.6 is 0 Å². The van der Waals surface area contributed by atoms with E-state index < -0.39 is 9.07 Å². The Hall–Kier alpha value is -10.0. The molecule has 0 N–H and O–H groups in total. The Labute approximate surface area is 446 Å². The lowest BCUT2D eigenvalue weighted by Gasteiger charge is -2.38. The topological polar surface area (TPSA) is 53.2 Å². The van der Waals surface area contributed by atoms with Crippen LogP contribution in [0.4, 0.5) is 0 Å². The number of benzene rings is 12. The number of para-hydroxylation sites is 4. The molecule has 0 aliphatic carbocycles. The van der Waals surface area contributed by atoms with Crippen molar-refractivity contribution in [2.24, 2.45) is 0 Å². The minimum absolute atomic E-state index is 0.858. The molecule has 2 aliphatic heterocycles. The second kappa shape index (κ2) is 14.9. The minimum atomic E-state index is -4.14. The summed E-state index contributed by atoms with van der Waals surface area (Å²) < 4.78 is 35.4. The number of nitrogens with zero attached hydrogens (tertiary/aromatic N) is 2. The molecular weight excluding hydrogens is 973 g/mol. The summed E-state index contributed by atoms with van der Waals surface area (Å²) in [6.45, 7) is 0. The van der Waals surface area contributed by atoms with Gasteiger partial charge in [0.2, 0.25) is 0 Å². The number of fused-ring (bicyclic) bond motifs is 22. The fourth-order valence-corrected chi connectivity index (χ4v) is 19.0. The molecule has 6 heteroatoms. The molecule has 0 atom stereocenters. The fraction of sp³-hybridized carbons (Fsp3) is 0. The van der Waals surface area contributed by atoms with Gasteiger partial charge in [-0.1, -0.05) is 146 Å². The Morgan fingerprint density at radius 1 is 0.256 bits per heavy atom. The van der Waals surface area contributed by atoms with Crippen molar-refractivity contribution in [3.63, 3.8) is 0 Å². The van der Waals surface area contributed by atoms with E-state index in [9.17, 15) is 0 Å². The van der Waals surface area contributed by atoms with Crippen molar-refractivity contribution in [1.29, 1.82) is 0 Å². The van der Waals surface area contributed by atoms with Crippen molar-refractivity contribution in [1.82, 2.24) is 9.13 Å². The summed E-state index contributed by atoms with van der Waals surface area (Å²) in [6, 6.07) is 90.5. The van der Waals surface area contributed by atoms with Crippen molar-refractivity contribution >= 4 is 96.6 Å². The zero-order chi connectivity index (χ0) is 51.0. The highest BCUT2D eigenvalue weighted by molar-refractivity contribution is 8.21. The molecule has 6 heterocycles. The summed E-state index contributed by atoms with van der Waals surface area (Å²) in [4.78, 5) is 3.44. The third-order valence-corrected chi connectivity index (χ3v) is 22.0. The third-order valence-electron chi connectivity index (χ3n) is 17.2. The number of aromatic nitrogens is 2. The van der Waals surface area contributed by atoms with Gasteiger partial charge in [0.25, 0.3) is 0 Å². The molecule has 0 radical (unpaired) electrons. The first-order valence-electron chi connectivity index (χ1n) is 26.5. The molecule has 5 nitrogen and oxygen atoms in total. The molecule has 0 fully saturated rings. The summed E-state index contributed by atoms with van der Waals surface area (Å²) in [6.07, 6.45) is 0. The lowest BCUT2D eigenvalue weighted by atomic mass is 9.99. The molecule has 18 rings (SSSR count). The third kappa shape index (κ3) is 5.27. The van der Waals surface area contributed by atoms with Crippen LogP contribution in [0.2, 0.25) is 0 Å². The van der Waals surface area contributed by atoms with Crippen LogP contribution in [0.25, 0.3) is 143 Å². The molecular formula is C72H42N2O3S. The lowest BCUT2D eigenvalue weighted by molar-refractivity contribution is 0.658. The molecule has 16 aromatic rings. The highest BCUT2D eigenvalue weighted by Crippen LogP contribution is 2.71. The van der Waals surface area contributed by atoms with E-state index in [1.807, 2.05) is 24.3 Å². The van der Waals surface area contributed by atoms with Crippen LogP contribution in [0.5, 0.6) is 0 Å². The van der Waals surface area contributed by atoms with Gasteiger partial charge in [0.05, 0.1) is 22.1 Å². The molecule has 12 aromatic carbocycles. The Morgan fingerprint density at radius 2 is 0.654 bits per heavy atom. The van der Waals surface area contributed by atoms with Crippen molar-refractivity contribution in [2.45, 2.75) is 19.6 Å². The summed E-state index contributed by atoms with van der Waals surface area (Å²) in [7, 11) is -4.14. The monoisotopic (exact) mass is 1010 g/mol. The van der Waals surface area contributed by atoms with Gasteiger partial charge < -0.3 is 18.0 Å². The number of rotatable bonds is 4. The van der Waals surface area contributed by atoms with Crippen LogP contribution in [0.15, 0.2) is 283 Å². The van der Waals surface area contributed by atoms with Crippen LogP contribution < -0.4 is 0 Å². The first kappa shape index (κ1) is 42.2. The SMILES string of the molecule is O=S12(c3ccccc3-c3cc(-c4cccc(-n5c6ccccc6c6cc7c(cc65)oc5ccccc57)c4)ccc31)c1ccccc1-c1cc(-c3cccc(-n4c5ccccc5c5cc6c(cc54)oc4ccccc46)c3)ccc12. The number of furan rings is 2. The largest absolute Gasteiger partial charge is 0.456 e. The van der Waals surface area contributed by atoms with Crippen LogP contribution in [-0.4, -0.2) is 13.3 Å². The predicted octanol–water partition coefficient (Wildman–Crippen LogP) is 19.3. The van der Waals surface area contributed by atoms with Crippen LogP contribution in [0, 0.1) is 0 Å². The van der Waals surface area contributed by atoms with Gasteiger partial charge in [-0.3, -0.25) is 4.21 Å². The van der Waals surface area contributed by atoms with Crippen molar-refractivity contribution in [3.05, 3.63) is 255 Å². The summed E-state index contributed by atoms with van der Waals surface area (Å²) in [5, 5.41) is 9.22. The molecule has 0 saturated carbocycles. The Kier molecular flexibility index (Phi) is 8.06. The van der Waals surface area contributed by atoms with Gasteiger partial charge in [-0.25, -0.2) is 0 Å². The van der Waals surface area contributed by atoms with E-state index in [0.29, 0.717) is 0 Å². The highest BCUT2D eigenvalue weighted by atomic mass is 32.3. The molecule has 4 aromatic heterocycles. The predicted molar refractivity (Wildman–Crippen MR) is 319 cm³/mol. The molecule has 1 spiro atoms. The maximum absolute atomic E-state index is 17.8. The second-order valence-electron chi connectivity index (χ2n) is 21.1. The molecule has 0 unspecified atom stereocenters. The Bertz CT molecular complexity index is 5090. The molecule has 0 bridgehead atoms. The quantitative estimate of drug-likeness (QED) is 0.177. The van der Waals surface area contributed by atoms with Gasteiger partial charge in [0, 0.05) is 95.2 Å². The van der Waals surface area contributed by atoms with Gasteiger partial charge in [-0.15, -0.1) is 0 Å². The van der Waals surface area contributed by atoms with Crippen LogP contribution in [-0.2, 0) is 9.07 Å². The van der Waals surface area contributed by atoms with Crippen molar-refractivity contribution < 1.29 is 13.0 Å². The van der Waals surface area contributed by atoms with Gasteiger partial charge in [-0.2, -0.15) is 0 Å². The van der Waals surface area contributed by atoms with Gasteiger partial charge >= 0.3 is 0 Å². The normalized spacial score (nSPS) is 14.5. The summed E-state index contributed by atoms with van der Waals surface area (Å²) >= 11 is 0. The van der Waals surface area contributed by atoms with Gasteiger partial charge in [0.15, 0.2) is 0 Å². The van der Waals surface area contributed by atoms with E-state index in [1.165, 1.54) is 21.5 Å². The van der Waals surface area contributed by atoms with E-state index in [4.69, 9.17) is 8.83 Å².